The lowest BCUT2D eigenvalue weighted by atomic mass is 9.94. The summed E-state index contributed by atoms with van der Waals surface area (Å²) in [7, 11) is -3.53. The molecule has 2 unspecified atom stereocenters. The van der Waals surface area contributed by atoms with Gasteiger partial charge in [-0.3, -0.25) is 4.79 Å². The fourth-order valence-corrected chi connectivity index (χ4v) is 5.27. The summed E-state index contributed by atoms with van der Waals surface area (Å²) >= 11 is 0. The maximum atomic E-state index is 12.9. The molecule has 1 saturated heterocycles. The van der Waals surface area contributed by atoms with Crippen LogP contribution < -0.4 is 11.1 Å². The highest BCUT2D eigenvalue weighted by Crippen LogP contribution is 2.26. The summed E-state index contributed by atoms with van der Waals surface area (Å²) in [5.41, 5.74) is 6.23. The molecule has 6 nitrogen and oxygen atoms in total. The van der Waals surface area contributed by atoms with Gasteiger partial charge in [-0.05, 0) is 55.4 Å². The van der Waals surface area contributed by atoms with Crippen LogP contribution in [0.3, 0.4) is 0 Å². The number of nitrogens with two attached hydrogens (primary N) is 1. The van der Waals surface area contributed by atoms with Crippen molar-refractivity contribution in [2.75, 3.05) is 19.6 Å². The molecule has 2 atom stereocenters. The van der Waals surface area contributed by atoms with E-state index in [4.69, 9.17) is 5.73 Å². The highest BCUT2D eigenvalue weighted by molar-refractivity contribution is 7.89. The van der Waals surface area contributed by atoms with Crippen LogP contribution in [0.5, 0.6) is 0 Å². The second kappa shape index (κ2) is 8.71. The summed E-state index contributed by atoms with van der Waals surface area (Å²) in [5, 5.41) is 2.85. The maximum absolute atomic E-state index is 12.9. The van der Waals surface area contributed by atoms with E-state index in [2.05, 4.69) is 19.2 Å². The lowest BCUT2D eigenvalue weighted by molar-refractivity contribution is 0.0942. The van der Waals surface area contributed by atoms with Gasteiger partial charge >= 0.3 is 0 Å². The van der Waals surface area contributed by atoms with E-state index >= 15 is 0 Å². The zero-order valence-electron chi connectivity index (χ0n) is 16.9. The van der Waals surface area contributed by atoms with E-state index in [1.807, 2.05) is 13.8 Å². The van der Waals surface area contributed by atoms with Crippen LogP contribution in [0.1, 0.15) is 57.3 Å². The maximum Gasteiger partial charge on any atom is 0.251 e. The molecular formula is C20H33N3O3S. The van der Waals surface area contributed by atoms with Crippen LogP contribution in [0.4, 0.5) is 0 Å². The van der Waals surface area contributed by atoms with E-state index in [0.717, 1.165) is 19.3 Å². The van der Waals surface area contributed by atoms with Crippen LogP contribution in [-0.2, 0) is 10.0 Å². The third-order valence-corrected chi connectivity index (χ3v) is 7.44. The van der Waals surface area contributed by atoms with Gasteiger partial charge in [-0.25, -0.2) is 8.42 Å². The summed E-state index contributed by atoms with van der Waals surface area (Å²) in [6, 6.07) is 6.16. The average molecular weight is 396 g/mol. The van der Waals surface area contributed by atoms with Crippen molar-refractivity contribution in [3.8, 4) is 0 Å². The van der Waals surface area contributed by atoms with E-state index < -0.39 is 15.6 Å². The number of amides is 1. The first-order valence-electron chi connectivity index (χ1n) is 9.78. The molecule has 1 aliphatic rings. The van der Waals surface area contributed by atoms with Gasteiger partial charge in [-0.2, -0.15) is 4.31 Å². The van der Waals surface area contributed by atoms with Crippen molar-refractivity contribution in [2.45, 2.75) is 57.4 Å². The lowest BCUT2D eigenvalue weighted by Crippen LogP contribution is -2.49. The fourth-order valence-electron chi connectivity index (χ4n) is 3.59. The second-order valence-corrected chi connectivity index (χ2v) is 9.98. The Kier molecular flexibility index (Phi) is 7.05. The zero-order valence-corrected chi connectivity index (χ0v) is 17.7. The molecule has 0 aromatic heterocycles. The lowest BCUT2D eigenvalue weighted by Gasteiger charge is -2.34. The van der Waals surface area contributed by atoms with E-state index in [0.29, 0.717) is 37.0 Å². The Morgan fingerprint density at radius 1 is 1.15 bits per heavy atom. The minimum Gasteiger partial charge on any atom is -0.350 e. The first-order chi connectivity index (χ1) is 12.6. The van der Waals surface area contributed by atoms with Crippen LogP contribution in [0, 0.1) is 11.8 Å². The number of nitrogens with one attached hydrogen (secondary N) is 1. The largest absolute Gasteiger partial charge is 0.350 e. The molecule has 0 bridgehead atoms. The Balaban J connectivity index is 2.09. The van der Waals surface area contributed by atoms with Crippen molar-refractivity contribution in [1.82, 2.24) is 9.62 Å². The van der Waals surface area contributed by atoms with Gasteiger partial charge in [0, 0.05) is 30.7 Å². The van der Waals surface area contributed by atoms with E-state index in [1.165, 1.54) is 12.1 Å². The SMILES string of the molecule is CCC(N)(CC)CNC(=O)c1ccc(S(=O)(=O)N2CC(C)CC(C)C2)cc1. The van der Waals surface area contributed by atoms with Gasteiger partial charge in [0.05, 0.1) is 4.90 Å². The van der Waals surface area contributed by atoms with Crippen molar-refractivity contribution in [3.63, 3.8) is 0 Å². The van der Waals surface area contributed by atoms with Crippen LogP contribution in [0.15, 0.2) is 29.2 Å². The first kappa shape index (κ1) is 21.9. The van der Waals surface area contributed by atoms with E-state index in [1.54, 1.807) is 16.4 Å². The summed E-state index contributed by atoms with van der Waals surface area (Å²) in [4.78, 5) is 12.6. The molecular weight excluding hydrogens is 362 g/mol. The summed E-state index contributed by atoms with van der Waals surface area (Å²) in [5.74, 6) is 0.459. The number of rotatable bonds is 7. The highest BCUT2D eigenvalue weighted by Gasteiger charge is 2.31. The molecule has 0 radical (unpaired) electrons. The third-order valence-electron chi connectivity index (χ3n) is 5.60. The van der Waals surface area contributed by atoms with Crippen molar-refractivity contribution >= 4 is 15.9 Å². The Labute approximate surface area is 163 Å². The molecule has 1 fully saturated rings. The molecule has 3 N–H and O–H groups in total. The molecule has 1 amide bonds. The minimum absolute atomic E-state index is 0.232. The van der Waals surface area contributed by atoms with E-state index in [-0.39, 0.29) is 10.8 Å². The van der Waals surface area contributed by atoms with Crippen molar-refractivity contribution < 1.29 is 13.2 Å². The quantitative estimate of drug-likeness (QED) is 0.742. The normalized spacial score (nSPS) is 21.8. The van der Waals surface area contributed by atoms with Crippen molar-refractivity contribution in [2.24, 2.45) is 17.6 Å². The second-order valence-electron chi connectivity index (χ2n) is 8.04. The number of carbonyl (C=O) groups is 1. The topological polar surface area (TPSA) is 92.5 Å². The molecule has 7 heteroatoms. The molecule has 1 aliphatic heterocycles. The van der Waals surface area contributed by atoms with Crippen LogP contribution in [-0.4, -0.2) is 43.8 Å². The van der Waals surface area contributed by atoms with Gasteiger partial charge in [-0.1, -0.05) is 27.7 Å². The van der Waals surface area contributed by atoms with Gasteiger partial charge in [0.25, 0.3) is 5.91 Å². The fraction of sp³-hybridized carbons (Fsp3) is 0.650. The summed E-state index contributed by atoms with van der Waals surface area (Å²) in [6.07, 6.45) is 2.59. The predicted octanol–water partition coefficient (Wildman–Crippen LogP) is 2.60. The molecule has 27 heavy (non-hydrogen) atoms. The molecule has 152 valence electrons. The van der Waals surface area contributed by atoms with Gasteiger partial charge in [0.2, 0.25) is 10.0 Å². The van der Waals surface area contributed by atoms with Gasteiger partial charge in [0.15, 0.2) is 0 Å². The monoisotopic (exact) mass is 395 g/mol. The number of hydrogen-bond donors (Lipinski definition) is 2. The third kappa shape index (κ3) is 5.30. The Morgan fingerprint density at radius 3 is 2.15 bits per heavy atom. The Hall–Kier alpha value is -1.44. The number of sulfonamides is 1. The molecule has 1 heterocycles. The smallest absolute Gasteiger partial charge is 0.251 e. The number of piperidine rings is 1. The van der Waals surface area contributed by atoms with Crippen molar-refractivity contribution in [1.29, 1.82) is 0 Å². The Bertz CT molecular complexity index is 732. The summed E-state index contributed by atoms with van der Waals surface area (Å²) in [6.45, 7) is 9.63. The Morgan fingerprint density at radius 2 is 1.67 bits per heavy atom. The van der Waals surface area contributed by atoms with Gasteiger partial charge < -0.3 is 11.1 Å². The van der Waals surface area contributed by atoms with Crippen LogP contribution >= 0.6 is 0 Å². The number of benzene rings is 1. The van der Waals surface area contributed by atoms with Gasteiger partial charge in [0.1, 0.15) is 0 Å². The zero-order chi connectivity index (χ0) is 20.2. The van der Waals surface area contributed by atoms with Crippen LogP contribution in [0.25, 0.3) is 0 Å². The molecule has 0 aliphatic carbocycles. The molecule has 1 aromatic rings. The first-order valence-corrected chi connectivity index (χ1v) is 11.2. The molecule has 1 aromatic carbocycles. The summed E-state index contributed by atoms with van der Waals surface area (Å²) < 4.78 is 27.4. The number of hydrogen-bond acceptors (Lipinski definition) is 4. The number of nitrogens with zero attached hydrogens (tertiary/aromatic N) is 1. The van der Waals surface area contributed by atoms with E-state index in [9.17, 15) is 13.2 Å². The van der Waals surface area contributed by atoms with Crippen LogP contribution in [0.2, 0.25) is 0 Å². The number of carbonyl (C=O) groups excluding carboxylic acids is 1. The van der Waals surface area contributed by atoms with Crippen molar-refractivity contribution in [3.05, 3.63) is 29.8 Å². The minimum atomic E-state index is -3.53. The molecule has 0 spiro atoms. The molecule has 2 rings (SSSR count). The molecule has 0 saturated carbocycles. The predicted molar refractivity (Wildman–Crippen MR) is 108 cm³/mol. The highest BCUT2D eigenvalue weighted by atomic mass is 32.2. The average Bonchev–Trinajstić information content (AvgIpc) is 2.65. The standard InChI is InChI=1S/C20H33N3O3S/c1-5-20(21,6-2)14-22-19(24)17-7-9-18(10-8-17)27(25,26)23-12-15(3)11-16(4)13-23/h7-10,15-16H,5-6,11-14,21H2,1-4H3,(H,22,24). The van der Waals surface area contributed by atoms with Gasteiger partial charge in [-0.15, -0.1) is 0 Å².